The van der Waals surface area contributed by atoms with E-state index in [4.69, 9.17) is 20.9 Å². The van der Waals surface area contributed by atoms with E-state index in [1.165, 1.54) is 0 Å². The zero-order chi connectivity index (χ0) is 16.2. The van der Waals surface area contributed by atoms with Gasteiger partial charge in [0.15, 0.2) is 11.6 Å². The topological polar surface area (TPSA) is 73.1 Å². The second-order valence-electron chi connectivity index (χ2n) is 4.70. The van der Waals surface area contributed by atoms with Crippen molar-refractivity contribution < 1.29 is 13.7 Å². The minimum Gasteiger partial charge on any atom is -0.487 e. The van der Waals surface area contributed by atoms with Crippen LogP contribution in [-0.2, 0) is 6.61 Å². The Morgan fingerprint density at radius 1 is 1.30 bits per heavy atom. The number of benzene rings is 1. The second-order valence-corrected chi connectivity index (χ2v) is 5.04. The smallest absolute Gasteiger partial charge is 0.224 e. The van der Waals surface area contributed by atoms with Crippen LogP contribution in [0.15, 0.2) is 41.1 Å². The van der Waals surface area contributed by atoms with Gasteiger partial charge < -0.3 is 14.6 Å². The van der Waals surface area contributed by atoms with Crippen molar-refractivity contribution in [2.75, 3.05) is 5.32 Å². The number of hydrogen-bond acceptors (Lipinski definition) is 6. The molecule has 0 saturated heterocycles. The highest BCUT2D eigenvalue weighted by Crippen LogP contribution is 2.21. The van der Waals surface area contributed by atoms with Gasteiger partial charge >= 0.3 is 0 Å². The van der Waals surface area contributed by atoms with Crippen molar-refractivity contribution in [1.29, 1.82) is 0 Å². The standard InChI is InChI=1S/C15H12ClFN4O2/c1-9-6-11(21-23-9)8-22-12-4-2-10(3-5-12)19-14-13(17)7-18-15(16)20-14/h2-7H,8H2,1H3,(H,18,19,20). The second kappa shape index (κ2) is 6.62. The van der Waals surface area contributed by atoms with Gasteiger partial charge in [0.1, 0.15) is 23.8 Å². The van der Waals surface area contributed by atoms with Crippen LogP contribution in [0.4, 0.5) is 15.9 Å². The Kier molecular flexibility index (Phi) is 4.38. The molecule has 1 N–H and O–H groups in total. The number of nitrogens with zero attached hydrogens (tertiary/aromatic N) is 3. The van der Waals surface area contributed by atoms with Crippen LogP contribution in [0, 0.1) is 12.7 Å². The van der Waals surface area contributed by atoms with E-state index >= 15 is 0 Å². The number of hydrogen-bond donors (Lipinski definition) is 1. The zero-order valence-electron chi connectivity index (χ0n) is 12.1. The van der Waals surface area contributed by atoms with Crippen LogP contribution in [-0.4, -0.2) is 15.1 Å². The zero-order valence-corrected chi connectivity index (χ0v) is 12.8. The average molecular weight is 335 g/mol. The fraction of sp³-hybridized carbons (Fsp3) is 0.133. The lowest BCUT2D eigenvalue weighted by Gasteiger charge is -2.08. The van der Waals surface area contributed by atoms with Crippen molar-refractivity contribution in [1.82, 2.24) is 15.1 Å². The van der Waals surface area contributed by atoms with Crippen molar-refractivity contribution in [3.8, 4) is 5.75 Å². The Morgan fingerprint density at radius 3 is 2.78 bits per heavy atom. The lowest BCUT2D eigenvalue weighted by atomic mass is 10.3. The van der Waals surface area contributed by atoms with Gasteiger partial charge in [0, 0.05) is 11.8 Å². The summed E-state index contributed by atoms with van der Waals surface area (Å²) in [6, 6.07) is 8.77. The van der Waals surface area contributed by atoms with E-state index in [9.17, 15) is 4.39 Å². The molecule has 0 saturated carbocycles. The van der Waals surface area contributed by atoms with E-state index < -0.39 is 5.82 Å². The highest BCUT2D eigenvalue weighted by Gasteiger charge is 2.07. The summed E-state index contributed by atoms with van der Waals surface area (Å²) in [6.45, 7) is 2.12. The first kappa shape index (κ1) is 15.2. The third-order valence-corrected chi connectivity index (χ3v) is 3.08. The minimum absolute atomic E-state index is 0.0109. The molecule has 0 radical (unpaired) electrons. The molecule has 0 atom stereocenters. The molecule has 0 spiro atoms. The number of halogens is 2. The normalized spacial score (nSPS) is 10.6. The largest absolute Gasteiger partial charge is 0.487 e. The van der Waals surface area contributed by atoms with Crippen molar-refractivity contribution in [2.24, 2.45) is 0 Å². The van der Waals surface area contributed by atoms with Gasteiger partial charge in [-0.25, -0.2) is 9.37 Å². The molecule has 3 rings (SSSR count). The lowest BCUT2D eigenvalue weighted by molar-refractivity contribution is 0.288. The van der Waals surface area contributed by atoms with E-state index in [1.54, 1.807) is 30.3 Å². The molecule has 0 bridgehead atoms. The maximum atomic E-state index is 13.6. The Labute approximate surface area is 136 Å². The van der Waals surface area contributed by atoms with E-state index in [-0.39, 0.29) is 11.1 Å². The molecule has 1 aromatic carbocycles. The molecular weight excluding hydrogens is 323 g/mol. The molecule has 0 unspecified atom stereocenters. The summed E-state index contributed by atoms with van der Waals surface area (Å²) in [7, 11) is 0. The number of rotatable bonds is 5. The maximum absolute atomic E-state index is 13.6. The van der Waals surface area contributed by atoms with Crippen LogP contribution in [0.3, 0.4) is 0 Å². The fourth-order valence-electron chi connectivity index (χ4n) is 1.85. The Hall–Kier alpha value is -2.67. The molecule has 3 aromatic rings. The summed E-state index contributed by atoms with van der Waals surface area (Å²) in [4.78, 5) is 7.34. The van der Waals surface area contributed by atoms with E-state index in [1.807, 2.05) is 6.92 Å². The molecule has 0 aliphatic heterocycles. The highest BCUT2D eigenvalue weighted by molar-refractivity contribution is 6.28. The number of anilines is 2. The van der Waals surface area contributed by atoms with Gasteiger partial charge in [-0.05, 0) is 42.8 Å². The number of ether oxygens (including phenoxy) is 1. The summed E-state index contributed by atoms with van der Waals surface area (Å²) < 4.78 is 24.1. The quantitative estimate of drug-likeness (QED) is 0.714. The molecule has 0 fully saturated rings. The summed E-state index contributed by atoms with van der Waals surface area (Å²) in [5.74, 6) is 0.805. The molecule has 0 aliphatic carbocycles. The summed E-state index contributed by atoms with van der Waals surface area (Å²) in [5, 5.41) is 6.63. The molecule has 0 amide bonds. The summed E-state index contributed by atoms with van der Waals surface area (Å²) >= 11 is 5.65. The Morgan fingerprint density at radius 2 is 2.09 bits per heavy atom. The number of nitrogens with one attached hydrogen (secondary N) is 1. The molecule has 23 heavy (non-hydrogen) atoms. The van der Waals surface area contributed by atoms with Crippen molar-refractivity contribution in [3.63, 3.8) is 0 Å². The van der Waals surface area contributed by atoms with E-state index in [2.05, 4.69) is 20.4 Å². The molecule has 0 aliphatic rings. The lowest BCUT2D eigenvalue weighted by Crippen LogP contribution is -1.99. The summed E-state index contributed by atoms with van der Waals surface area (Å²) in [6.07, 6.45) is 1.01. The van der Waals surface area contributed by atoms with Gasteiger partial charge in [-0.2, -0.15) is 4.98 Å². The van der Waals surface area contributed by atoms with Crippen molar-refractivity contribution in [3.05, 3.63) is 59.1 Å². The predicted octanol–water partition coefficient (Wildman–Crippen LogP) is 3.89. The van der Waals surface area contributed by atoms with E-state index in [0.29, 0.717) is 23.7 Å². The van der Waals surface area contributed by atoms with Gasteiger partial charge in [0.25, 0.3) is 0 Å². The highest BCUT2D eigenvalue weighted by atomic mass is 35.5. The van der Waals surface area contributed by atoms with Gasteiger partial charge in [-0.15, -0.1) is 0 Å². The minimum atomic E-state index is -0.587. The predicted molar refractivity (Wildman–Crippen MR) is 82.3 cm³/mol. The molecule has 2 aromatic heterocycles. The van der Waals surface area contributed by atoms with Crippen LogP contribution in [0.25, 0.3) is 0 Å². The fourth-order valence-corrected chi connectivity index (χ4v) is 1.98. The van der Waals surface area contributed by atoms with Gasteiger partial charge in [-0.3, -0.25) is 0 Å². The SMILES string of the molecule is Cc1cc(COc2ccc(Nc3nc(Cl)ncc3F)cc2)no1. The van der Waals surface area contributed by atoms with Gasteiger partial charge in [0.2, 0.25) is 5.28 Å². The number of aryl methyl sites for hydroxylation is 1. The Balaban J connectivity index is 1.63. The van der Waals surface area contributed by atoms with Gasteiger partial charge in [-0.1, -0.05) is 5.16 Å². The Bertz CT molecular complexity index is 807. The molecule has 2 heterocycles. The first-order valence-corrected chi connectivity index (χ1v) is 7.08. The summed E-state index contributed by atoms with van der Waals surface area (Å²) in [5.41, 5.74) is 1.35. The maximum Gasteiger partial charge on any atom is 0.224 e. The molecular formula is C15H12ClFN4O2. The third kappa shape index (κ3) is 3.95. The third-order valence-electron chi connectivity index (χ3n) is 2.90. The van der Waals surface area contributed by atoms with E-state index in [0.717, 1.165) is 12.0 Å². The van der Waals surface area contributed by atoms with Gasteiger partial charge in [0.05, 0.1) is 6.20 Å². The van der Waals surface area contributed by atoms with Crippen LogP contribution in [0.1, 0.15) is 11.5 Å². The van der Waals surface area contributed by atoms with Crippen LogP contribution >= 0.6 is 11.6 Å². The van der Waals surface area contributed by atoms with Crippen molar-refractivity contribution in [2.45, 2.75) is 13.5 Å². The van der Waals surface area contributed by atoms with Crippen LogP contribution in [0.5, 0.6) is 5.75 Å². The monoisotopic (exact) mass is 334 g/mol. The number of aromatic nitrogens is 3. The molecule has 6 nitrogen and oxygen atoms in total. The average Bonchev–Trinajstić information content (AvgIpc) is 2.96. The van der Waals surface area contributed by atoms with Crippen LogP contribution in [0.2, 0.25) is 5.28 Å². The van der Waals surface area contributed by atoms with Crippen molar-refractivity contribution >= 4 is 23.1 Å². The molecule has 118 valence electrons. The molecule has 8 heteroatoms. The first-order valence-electron chi connectivity index (χ1n) is 6.70. The van der Waals surface area contributed by atoms with Crippen LogP contribution < -0.4 is 10.1 Å². The first-order chi connectivity index (χ1) is 11.1.